The van der Waals surface area contributed by atoms with Gasteiger partial charge in [-0.2, -0.15) is 0 Å². The Bertz CT molecular complexity index is 3400. The topological polar surface area (TPSA) is 29.5 Å². The summed E-state index contributed by atoms with van der Waals surface area (Å²) in [4.78, 5) is 2.39. The Labute approximate surface area is 336 Å². The molecule has 2 aromatic heterocycles. The van der Waals surface area contributed by atoms with Gasteiger partial charge in [-0.25, -0.2) is 0 Å². The third-order valence-corrected chi connectivity index (χ3v) is 12.5. The molecule has 0 amide bonds. The zero-order valence-corrected chi connectivity index (χ0v) is 32.2. The van der Waals surface area contributed by atoms with Gasteiger partial charge in [-0.3, -0.25) is 0 Å². The van der Waals surface area contributed by atoms with Crippen LogP contribution in [0.5, 0.6) is 0 Å². The van der Waals surface area contributed by atoms with Crippen molar-refractivity contribution in [2.24, 2.45) is 0 Å². The molecule has 0 fully saturated rings. The first-order valence-corrected chi connectivity index (χ1v) is 20.0. The Kier molecular flexibility index (Phi) is 6.98. The molecule has 0 bridgehead atoms. The van der Waals surface area contributed by atoms with Crippen molar-refractivity contribution in [3.05, 3.63) is 199 Å². The van der Waals surface area contributed by atoms with Crippen LogP contribution in [0.1, 0.15) is 25.0 Å². The largest absolute Gasteiger partial charge is 0.456 e. The van der Waals surface area contributed by atoms with Crippen LogP contribution in [-0.4, -0.2) is 0 Å². The summed E-state index contributed by atoms with van der Waals surface area (Å²) >= 11 is 0. The van der Waals surface area contributed by atoms with Crippen LogP contribution < -0.4 is 4.90 Å². The summed E-state index contributed by atoms with van der Waals surface area (Å²) in [7, 11) is 0. The van der Waals surface area contributed by atoms with E-state index in [9.17, 15) is 0 Å². The van der Waals surface area contributed by atoms with E-state index in [0.717, 1.165) is 77.5 Å². The number of furan rings is 2. The summed E-state index contributed by atoms with van der Waals surface area (Å²) in [5.41, 5.74) is 16.7. The third-order valence-electron chi connectivity index (χ3n) is 12.5. The Morgan fingerprint density at radius 2 is 0.897 bits per heavy atom. The highest BCUT2D eigenvalue weighted by Crippen LogP contribution is 2.51. The molecule has 0 saturated carbocycles. The van der Waals surface area contributed by atoms with E-state index in [2.05, 4.69) is 183 Å². The lowest BCUT2D eigenvalue weighted by Gasteiger charge is -2.28. The maximum absolute atomic E-state index is 6.70. The average molecular weight is 744 g/mol. The maximum Gasteiger partial charge on any atom is 0.136 e. The molecule has 9 aromatic carbocycles. The minimum atomic E-state index is -0.110. The number of hydrogen-bond acceptors (Lipinski definition) is 3. The molecule has 3 nitrogen and oxygen atoms in total. The van der Waals surface area contributed by atoms with Crippen molar-refractivity contribution >= 4 is 71.7 Å². The van der Waals surface area contributed by atoms with Gasteiger partial charge in [0.1, 0.15) is 22.3 Å². The molecular formula is C55H37NO2. The molecule has 0 radical (unpaired) electrons. The van der Waals surface area contributed by atoms with E-state index < -0.39 is 0 Å². The Hall–Kier alpha value is -7.36. The fraction of sp³-hybridized carbons (Fsp3) is 0.0545. The molecule has 0 saturated heterocycles. The fourth-order valence-electron chi connectivity index (χ4n) is 9.68. The van der Waals surface area contributed by atoms with Crippen LogP contribution in [0.2, 0.25) is 0 Å². The van der Waals surface area contributed by atoms with E-state index >= 15 is 0 Å². The lowest BCUT2D eigenvalue weighted by atomic mass is 9.82. The number of para-hydroxylation sites is 1. The molecule has 1 aliphatic rings. The van der Waals surface area contributed by atoms with Crippen LogP contribution in [0.25, 0.3) is 88.0 Å². The van der Waals surface area contributed by atoms with Gasteiger partial charge < -0.3 is 13.7 Å². The fourth-order valence-corrected chi connectivity index (χ4v) is 9.68. The number of nitrogens with zero attached hydrogens (tertiary/aromatic N) is 1. The predicted octanol–water partition coefficient (Wildman–Crippen LogP) is 15.7. The summed E-state index contributed by atoms with van der Waals surface area (Å²) in [6.45, 7) is 4.69. The molecule has 11 aromatic rings. The summed E-state index contributed by atoms with van der Waals surface area (Å²) in [6, 6.07) is 67.7. The van der Waals surface area contributed by atoms with E-state index in [1.165, 1.54) is 38.8 Å². The average Bonchev–Trinajstić information content (AvgIpc) is 3.92. The number of rotatable bonds is 5. The normalized spacial score (nSPS) is 13.1. The van der Waals surface area contributed by atoms with Crippen LogP contribution in [0.15, 0.2) is 197 Å². The number of hydrogen-bond donors (Lipinski definition) is 0. The molecule has 0 unspecified atom stereocenters. The van der Waals surface area contributed by atoms with Crippen molar-refractivity contribution in [2.45, 2.75) is 19.3 Å². The van der Waals surface area contributed by atoms with Gasteiger partial charge in [-0.15, -0.1) is 0 Å². The molecule has 58 heavy (non-hydrogen) atoms. The Morgan fingerprint density at radius 1 is 0.345 bits per heavy atom. The highest BCUT2D eigenvalue weighted by Gasteiger charge is 2.35. The minimum absolute atomic E-state index is 0.110. The molecule has 0 aliphatic heterocycles. The molecule has 0 atom stereocenters. The van der Waals surface area contributed by atoms with Gasteiger partial charge in [0.2, 0.25) is 0 Å². The number of fused-ring (bicyclic) bond motifs is 12. The van der Waals surface area contributed by atoms with Gasteiger partial charge in [0.25, 0.3) is 0 Å². The molecule has 0 spiro atoms. The first-order chi connectivity index (χ1) is 28.5. The van der Waals surface area contributed by atoms with Gasteiger partial charge in [0.15, 0.2) is 0 Å². The van der Waals surface area contributed by atoms with Crippen LogP contribution >= 0.6 is 0 Å². The van der Waals surface area contributed by atoms with Crippen molar-refractivity contribution < 1.29 is 8.83 Å². The lowest BCUT2D eigenvalue weighted by Crippen LogP contribution is -2.16. The molecule has 1 aliphatic carbocycles. The Morgan fingerprint density at radius 3 is 1.67 bits per heavy atom. The summed E-state index contributed by atoms with van der Waals surface area (Å²) in [6.07, 6.45) is 0. The SMILES string of the molecule is CC1(C)c2ccccc2-c2ccc(N(c3ccc(-c4ccccc4)cc3)c3ccc(-c4cc5oc6ccc7oc8ccccc8c7c6c5c5ccccc45)cc3)cc21. The Balaban J connectivity index is 1.01. The van der Waals surface area contributed by atoms with Gasteiger partial charge in [0, 0.05) is 44.0 Å². The lowest BCUT2D eigenvalue weighted by molar-refractivity contribution is 0.660. The van der Waals surface area contributed by atoms with Crippen LogP contribution in [0.4, 0.5) is 17.1 Å². The molecule has 2 heterocycles. The first kappa shape index (κ1) is 32.8. The standard InChI is InChI=1S/C55H37NO2/c1-55(2)46-18-10-8-15-41(46)42-29-28-39(32-47(42)55)56(37-24-20-35(21-25-37)34-12-4-3-5-13-34)38-26-22-36(23-27-38)45-33-51-52(43-16-7-6-14-40(43)45)54-50(58-51)31-30-49-53(54)44-17-9-11-19-48(44)57-49/h3-33H,1-2H3. The van der Waals surface area contributed by atoms with Crippen molar-refractivity contribution in [1.82, 2.24) is 0 Å². The number of anilines is 3. The van der Waals surface area contributed by atoms with Crippen molar-refractivity contribution in [2.75, 3.05) is 4.90 Å². The van der Waals surface area contributed by atoms with Crippen LogP contribution in [0.3, 0.4) is 0 Å². The molecule has 274 valence electrons. The molecule has 12 rings (SSSR count). The second-order valence-electron chi connectivity index (χ2n) is 16.1. The van der Waals surface area contributed by atoms with E-state index in [1.54, 1.807) is 0 Å². The van der Waals surface area contributed by atoms with E-state index in [4.69, 9.17) is 8.83 Å². The van der Waals surface area contributed by atoms with Gasteiger partial charge in [-0.1, -0.05) is 141 Å². The summed E-state index contributed by atoms with van der Waals surface area (Å²) in [5.74, 6) is 0. The zero-order chi connectivity index (χ0) is 38.5. The van der Waals surface area contributed by atoms with Crippen LogP contribution in [-0.2, 0) is 5.41 Å². The third kappa shape index (κ3) is 4.80. The molecule has 3 heteroatoms. The van der Waals surface area contributed by atoms with Crippen molar-refractivity contribution in [3.8, 4) is 33.4 Å². The quantitative estimate of drug-likeness (QED) is 0.176. The molecule has 0 N–H and O–H groups in total. The minimum Gasteiger partial charge on any atom is -0.456 e. The van der Waals surface area contributed by atoms with Crippen molar-refractivity contribution in [1.29, 1.82) is 0 Å². The van der Waals surface area contributed by atoms with E-state index in [-0.39, 0.29) is 5.41 Å². The summed E-state index contributed by atoms with van der Waals surface area (Å²) < 4.78 is 13.0. The maximum atomic E-state index is 6.70. The monoisotopic (exact) mass is 743 g/mol. The second-order valence-corrected chi connectivity index (χ2v) is 16.1. The molecular weight excluding hydrogens is 707 g/mol. The second kappa shape index (κ2) is 12.3. The van der Waals surface area contributed by atoms with Gasteiger partial charge >= 0.3 is 0 Å². The van der Waals surface area contributed by atoms with Crippen LogP contribution in [0, 0.1) is 0 Å². The smallest absolute Gasteiger partial charge is 0.136 e. The highest BCUT2D eigenvalue weighted by molar-refractivity contribution is 6.31. The zero-order valence-electron chi connectivity index (χ0n) is 32.2. The van der Waals surface area contributed by atoms with E-state index in [1.807, 2.05) is 24.3 Å². The first-order valence-electron chi connectivity index (χ1n) is 20.0. The summed E-state index contributed by atoms with van der Waals surface area (Å²) in [5, 5.41) is 6.77. The predicted molar refractivity (Wildman–Crippen MR) is 242 cm³/mol. The van der Waals surface area contributed by atoms with Gasteiger partial charge in [0.05, 0.1) is 0 Å². The van der Waals surface area contributed by atoms with Gasteiger partial charge in [-0.05, 0) is 116 Å². The number of benzene rings is 9. The highest BCUT2D eigenvalue weighted by atomic mass is 16.3. The van der Waals surface area contributed by atoms with Crippen molar-refractivity contribution in [3.63, 3.8) is 0 Å². The van der Waals surface area contributed by atoms with E-state index in [0.29, 0.717) is 0 Å².